The molecule has 3 nitrogen and oxygen atoms in total. The monoisotopic (exact) mass is 351 g/mol. The number of hydrazine groups is 2. The maximum absolute atomic E-state index is 3.55. The van der Waals surface area contributed by atoms with E-state index in [1.54, 1.807) is 0 Å². The van der Waals surface area contributed by atoms with E-state index >= 15 is 0 Å². The van der Waals surface area contributed by atoms with E-state index < -0.39 is 0 Å². The van der Waals surface area contributed by atoms with Crippen molar-refractivity contribution in [2.45, 2.75) is 0 Å². The lowest BCUT2D eigenvalue weighted by Crippen LogP contribution is -2.44. The van der Waals surface area contributed by atoms with Crippen molar-refractivity contribution >= 4 is 22.7 Å². The molecular weight excluding hydrogens is 330 g/mol. The lowest BCUT2D eigenvalue weighted by atomic mass is 10.2. The van der Waals surface area contributed by atoms with Crippen LogP contribution < -0.4 is 15.6 Å². The molecule has 0 bridgehead atoms. The molecule has 0 amide bonds. The molecule has 1 N–H and O–H groups in total. The van der Waals surface area contributed by atoms with Crippen LogP contribution in [0.15, 0.2) is 121 Å². The smallest absolute Gasteiger partial charge is 0.0818 e. The Morgan fingerprint density at radius 2 is 0.778 bits per heavy atom. The normalized spacial score (nSPS) is 10.2. The van der Waals surface area contributed by atoms with E-state index in [0.29, 0.717) is 0 Å². The minimum atomic E-state index is 1.01. The number of nitrogens with one attached hydrogen (secondary N) is 1. The Hall–Kier alpha value is -3.72. The Labute approximate surface area is 160 Å². The third-order valence-corrected chi connectivity index (χ3v) is 4.21. The van der Waals surface area contributed by atoms with Crippen LogP contribution in [0.3, 0.4) is 0 Å². The quantitative estimate of drug-likeness (QED) is 0.413. The highest BCUT2D eigenvalue weighted by Gasteiger charge is 2.19. The van der Waals surface area contributed by atoms with Crippen LogP contribution >= 0.6 is 0 Å². The highest BCUT2D eigenvalue weighted by atomic mass is 15.8. The summed E-state index contributed by atoms with van der Waals surface area (Å²) in [6.45, 7) is 0. The predicted octanol–water partition coefficient (Wildman–Crippen LogP) is 6.27. The average Bonchev–Trinajstić information content (AvgIpc) is 2.76. The van der Waals surface area contributed by atoms with Gasteiger partial charge >= 0.3 is 0 Å². The minimum Gasteiger partial charge on any atom is -0.279 e. The summed E-state index contributed by atoms with van der Waals surface area (Å²) in [5.41, 5.74) is 7.73. The molecule has 0 atom stereocenters. The van der Waals surface area contributed by atoms with Crippen LogP contribution in [-0.4, -0.2) is 0 Å². The lowest BCUT2D eigenvalue weighted by Gasteiger charge is -2.38. The summed E-state index contributed by atoms with van der Waals surface area (Å²) in [6, 6.07) is 41.2. The number of hydrogen-bond donors (Lipinski definition) is 1. The molecule has 3 heteroatoms. The summed E-state index contributed by atoms with van der Waals surface area (Å²) in [5, 5.41) is 4.24. The first-order valence-corrected chi connectivity index (χ1v) is 8.99. The fourth-order valence-electron chi connectivity index (χ4n) is 2.95. The molecule has 0 aliphatic heterocycles. The van der Waals surface area contributed by atoms with Crippen molar-refractivity contribution in [2.75, 3.05) is 15.6 Å². The first-order valence-electron chi connectivity index (χ1n) is 8.99. The highest BCUT2D eigenvalue weighted by Crippen LogP contribution is 2.31. The fourth-order valence-corrected chi connectivity index (χ4v) is 2.95. The summed E-state index contributed by atoms with van der Waals surface area (Å²) >= 11 is 0. The molecule has 4 rings (SSSR count). The van der Waals surface area contributed by atoms with Gasteiger partial charge in [-0.25, -0.2) is 5.01 Å². The number of rotatable bonds is 6. The molecule has 0 heterocycles. The Morgan fingerprint density at radius 1 is 0.407 bits per heavy atom. The second-order valence-corrected chi connectivity index (χ2v) is 6.11. The van der Waals surface area contributed by atoms with Crippen molar-refractivity contribution in [1.82, 2.24) is 0 Å². The molecule has 132 valence electrons. The topological polar surface area (TPSA) is 18.5 Å². The van der Waals surface area contributed by atoms with Gasteiger partial charge in [-0.2, -0.15) is 5.12 Å². The number of hydrogen-bond acceptors (Lipinski definition) is 3. The summed E-state index contributed by atoms with van der Waals surface area (Å²) < 4.78 is 0. The molecule has 0 spiro atoms. The second kappa shape index (κ2) is 8.11. The third-order valence-electron chi connectivity index (χ3n) is 4.21. The SMILES string of the molecule is c1ccc(NN(c2ccccc2)N(c2ccccc2)c2ccccc2)cc1. The van der Waals surface area contributed by atoms with Gasteiger partial charge in [-0.15, -0.1) is 0 Å². The molecule has 27 heavy (non-hydrogen) atoms. The van der Waals surface area contributed by atoms with Crippen molar-refractivity contribution in [3.05, 3.63) is 121 Å². The van der Waals surface area contributed by atoms with Gasteiger partial charge in [0.05, 0.1) is 22.7 Å². The summed E-state index contributed by atoms with van der Waals surface area (Å²) in [5.74, 6) is 0. The van der Waals surface area contributed by atoms with Gasteiger partial charge in [-0.3, -0.25) is 5.43 Å². The number of anilines is 4. The largest absolute Gasteiger partial charge is 0.279 e. The van der Waals surface area contributed by atoms with Gasteiger partial charge in [0, 0.05) is 0 Å². The van der Waals surface area contributed by atoms with Crippen molar-refractivity contribution in [2.24, 2.45) is 0 Å². The van der Waals surface area contributed by atoms with E-state index in [1.165, 1.54) is 0 Å². The van der Waals surface area contributed by atoms with E-state index in [2.05, 4.69) is 88.3 Å². The minimum absolute atomic E-state index is 1.01. The van der Waals surface area contributed by atoms with E-state index in [0.717, 1.165) is 22.7 Å². The van der Waals surface area contributed by atoms with Crippen LogP contribution in [-0.2, 0) is 0 Å². The highest BCUT2D eigenvalue weighted by molar-refractivity contribution is 5.72. The zero-order valence-corrected chi connectivity index (χ0v) is 14.9. The number of para-hydroxylation sites is 4. The molecule has 4 aromatic rings. The lowest BCUT2D eigenvalue weighted by molar-refractivity contribution is 0.920. The maximum Gasteiger partial charge on any atom is 0.0818 e. The molecule has 0 fully saturated rings. The number of nitrogens with zero attached hydrogens (tertiary/aromatic N) is 2. The Kier molecular flexibility index (Phi) is 5.02. The molecule has 0 saturated heterocycles. The zero-order valence-electron chi connectivity index (χ0n) is 14.9. The molecule has 0 aliphatic rings. The predicted molar refractivity (Wildman–Crippen MR) is 114 cm³/mol. The standard InChI is InChI=1S/C24H21N3/c1-5-13-21(14-6-1)25-27(24-19-11-4-12-20-24)26(22-15-7-2-8-16-22)23-17-9-3-10-18-23/h1-20,25H. The summed E-state index contributed by atoms with van der Waals surface area (Å²) in [4.78, 5) is 0. The Bertz CT molecular complexity index is 902. The summed E-state index contributed by atoms with van der Waals surface area (Å²) in [6.07, 6.45) is 0. The summed E-state index contributed by atoms with van der Waals surface area (Å²) in [7, 11) is 0. The van der Waals surface area contributed by atoms with Gasteiger partial charge in [0.1, 0.15) is 0 Å². The van der Waals surface area contributed by atoms with Crippen LogP contribution in [0.1, 0.15) is 0 Å². The van der Waals surface area contributed by atoms with Gasteiger partial charge in [-0.1, -0.05) is 72.8 Å². The van der Waals surface area contributed by atoms with Crippen LogP contribution in [0.5, 0.6) is 0 Å². The molecule has 0 unspecified atom stereocenters. The zero-order chi connectivity index (χ0) is 18.3. The maximum atomic E-state index is 3.55. The molecule has 0 aliphatic carbocycles. The van der Waals surface area contributed by atoms with Crippen LogP contribution in [0.25, 0.3) is 0 Å². The van der Waals surface area contributed by atoms with Crippen LogP contribution in [0.2, 0.25) is 0 Å². The molecule has 4 aromatic carbocycles. The van der Waals surface area contributed by atoms with Gasteiger partial charge in [0.25, 0.3) is 0 Å². The van der Waals surface area contributed by atoms with Crippen molar-refractivity contribution in [3.63, 3.8) is 0 Å². The number of benzene rings is 4. The van der Waals surface area contributed by atoms with E-state index in [-0.39, 0.29) is 0 Å². The molecule has 0 aromatic heterocycles. The Morgan fingerprint density at radius 3 is 1.22 bits per heavy atom. The first kappa shape index (κ1) is 16.7. The van der Waals surface area contributed by atoms with Gasteiger partial charge < -0.3 is 0 Å². The van der Waals surface area contributed by atoms with Crippen LogP contribution in [0.4, 0.5) is 22.7 Å². The van der Waals surface area contributed by atoms with E-state index in [9.17, 15) is 0 Å². The van der Waals surface area contributed by atoms with Crippen molar-refractivity contribution in [3.8, 4) is 0 Å². The first-order chi connectivity index (χ1) is 13.4. The van der Waals surface area contributed by atoms with E-state index in [1.807, 2.05) is 48.5 Å². The van der Waals surface area contributed by atoms with Gasteiger partial charge in [0.15, 0.2) is 0 Å². The van der Waals surface area contributed by atoms with Crippen LogP contribution in [0, 0.1) is 0 Å². The molecule has 0 saturated carbocycles. The van der Waals surface area contributed by atoms with E-state index in [4.69, 9.17) is 0 Å². The van der Waals surface area contributed by atoms with Gasteiger partial charge in [0.2, 0.25) is 0 Å². The second-order valence-electron chi connectivity index (χ2n) is 6.11. The molecular formula is C24H21N3. The Balaban J connectivity index is 1.83. The van der Waals surface area contributed by atoms with Gasteiger partial charge in [-0.05, 0) is 48.5 Å². The van der Waals surface area contributed by atoms with Crippen molar-refractivity contribution in [1.29, 1.82) is 0 Å². The average molecular weight is 351 g/mol. The molecule has 0 radical (unpaired) electrons. The van der Waals surface area contributed by atoms with Crippen molar-refractivity contribution < 1.29 is 0 Å². The third kappa shape index (κ3) is 3.93. The fraction of sp³-hybridized carbons (Fsp3) is 0.